The summed E-state index contributed by atoms with van der Waals surface area (Å²) in [5.41, 5.74) is 0.519. The molecule has 36 heavy (non-hydrogen) atoms. The molecular weight excluding hydrogens is 460 g/mol. The van der Waals surface area contributed by atoms with Crippen molar-refractivity contribution in [1.82, 2.24) is 4.90 Å². The van der Waals surface area contributed by atoms with E-state index in [1.54, 1.807) is 38.1 Å². The number of hydrogen-bond donors (Lipinski definition) is 1. The third-order valence-corrected chi connectivity index (χ3v) is 7.58. The van der Waals surface area contributed by atoms with Crippen molar-refractivity contribution in [1.29, 1.82) is 0 Å². The number of carbonyl (C=O) groups is 4. The number of esters is 1. The summed E-state index contributed by atoms with van der Waals surface area (Å²) in [5.74, 6) is -0.911. The van der Waals surface area contributed by atoms with Crippen LogP contribution in [0.3, 0.4) is 0 Å². The lowest BCUT2D eigenvalue weighted by Gasteiger charge is -2.28. The third-order valence-electron chi connectivity index (χ3n) is 7.58. The largest absolute Gasteiger partial charge is 0.457 e. The Labute approximate surface area is 209 Å². The highest BCUT2D eigenvalue weighted by Gasteiger charge is 2.62. The first kappa shape index (κ1) is 24.0. The number of rotatable bonds is 8. The van der Waals surface area contributed by atoms with E-state index in [4.69, 9.17) is 9.47 Å². The second-order valence-electron chi connectivity index (χ2n) is 10.2. The number of imide groups is 1. The van der Waals surface area contributed by atoms with Gasteiger partial charge in [0.05, 0.1) is 11.8 Å². The fraction of sp³-hybridized carbons (Fsp3) is 0.429. The van der Waals surface area contributed by atoms with Crippen LogP contribution in [-0.2, 0) is 23.9 Å². The van der Waals surface area contributed by atoms with Crippen LogP contribution in [0.15, 0.2) is 54.6 Å². The van der Waals surface area contributed by atoms with Gasteiger partial charge in [-0.15, -0.1) is 0 Å². The molecular formula is C28H30N2O6. The van der Waals surface area contributed by atoms with Crippen molar-refractivity contribution in [2.24, 2.45) is 29.6 Å². The summed E-state index contributed by atoms with van der Waals surface area (Å²) >= 11 is 0. The number of fused-ring (bicyclic) bond motifs is 5. The molecule has 2 aromatic rings. The Morgan fingerprint density at radius 1 is 0.917 bits per heavy atom. The maximum Gasteiger partial charge on any atom is 0.330 e. The van der Waals surface area contributed by atoms with Gasteiger partial charge in [0.1, 0.15) is 17.5 Å². The van der Waals surface area contributed by atoms with Gasteiger partial charge in [-0.2, -0.15) is 0 Å². The lowest BCUT2D eigenvalue weighted by Crippen LogP contribution is -2.50. The Morgan fingerprint density at radius 2 is 1.50 bits per heavy atom. The van der Waals surface area contributed by atoms with E-state index in [0.717, 1.165) is 24.2 Å². The molecule has 8 heteroatoms. The van der Waals surface area contributed by atoms with E-state index < -0.39 is 24.5 Å². The number of carbonyl (C=O) groups excluding carboxylic acids is 4. The minimum absolute atomic E-state index is 0.237. The Bertz CT molecular complexity index is 1130. The molecule has 1 heterocycles. The van der Waals surface area contributed by atoms with Crippen molar-refractivity contribution < 1.29 is 28.7 Å². The van der Waals surface area contributed by atoms with Crippen LogP contribution < -0.4 is 10.1 Å². The summed E-state index contributed by atoms with van der Waals surface area (Å²) in [5, 5.41) is 2.68. The van der Waals surface area contributed by atoms with Gasteiger partial charge in [0, 0.05) is 5.69 Å². The average molecular weight is 491 g/mol. The number of ether oxygens (including phenoxy) is 2. The zero-order valence-electron chi connectivity index (χ0n) is 20.4. The van der Waals surface area contributed by atoms with Crippen molar-refractivity contribution in [3.63, 3.8) is 0 Å². The summed E-state index contributed by atoms with van der Waals surface area (Å²) in [6.45, 7) is 3.03. The molecule has 8 nitrogen and oxygen atoms in total. The predicted molar refractivity (Wildman–Crippen MR) is 131 cm³/mol. The molecule has 188 valence electrons. The van der Waals surface area contributed by atoms with E-state index in [1.165, 1.54) is 0 Å². The van der Waals surface area contributed by atoms with Crippen molar-refractivity contribution in [2.45, 2.75) is 39.2 Å². The highest BCUT2D eigenvalue weighted by molar-refractivity contribution is 6.08. The van der Waals surface area contributed by atoms with Crippen LogP contribution in [0.4, 0.5) is 5.69 Å². The fourth-order valence-electron chi connectivity index (χ4n) is 6.03. The number of benzene rings is 2. The van der Waals surface area contributed by atoms with E-state index in [2.05, 4.69) is 5.32 Å². The fourth-order valence-corrected chi connectivity index (χ4v) is 6.03. The van der Waals surface area contributed by atoms with E-state index in [0.29, 0.717) is 17.2 Å². The average Bonchev–Trinajstić information content (AvgIpc) is 3.55. The van der Waals surface area contributed by atoms with Gasteiger partial charge in [-0.05, 0) is 73.4 Å². The molecule has 0 spiro atoms. The van der Waals surface area contributed by atoms with E-state index >= 15 is 0 Å². The smallest absolute Gasteiger partial charge is 0.330 e. The lowest BCUT2D eigenvalue weighted by molar-refractivity contribution is -0.162. The first-order valence-corrected chi connectivity index (χ1v) is 12.5. The molecule has 1 saturated heterocycles. The number of amides is 3. The lowest BCUT2D eigenvalue weighted by atomic mass is 9.81. The molecule has 1 aliphatic heterocycles. The Morgan fingerprint density at radius 3 is 2.08 bits per heavy atom. The molecule has 3 fully saturated rings. The molecule has 3 aliphatic rings. The number of para-hydroxylation sites is 1. The zero-order valence-corrected chi connectivity index (χ0v) is 20.4. The van der Waals surface area contributed by atoms with Crippen LogP contribution in [0.1, 0.15) is 33.1 Å². The van der Waals surface area contributed by atoms with Crippen LogP contribution in [0, 0.1) is 29.6 Å². The molecule has 1 N–H and O–H groups in total. The molecule has 0 aromatic heterocycles. The van der Waals surface area contributed by atoms with Gasteiger partial charge in [-0.3, -0.25) is 19.3 Å². The summed E-state index contributed by atoms with van der Waals surface area (Å²) < 4.78 is 11.0. The van der Waals surface area contributed by atoms with E-state index in [1.807, 2.05) is 30.3 Å². The van der Waals surface area contributed by atoms with Gasteiger partial charge in [-0.25, -0.2) is 4.79 Å². The SMILES string of the molecule is CC(C)[C@H](C(=O)OCC(=O)Nc1ccc(Oc2ccccc2)cc1)N1C(=O)[C@@H]2[C@H]3CC[C@@H](C3)[C@H]2C1=O. The molecule has 3 amide bonds. The standard InChI is InChI=1S/C28H30N2O6/c1-16(2)25(30-26(32)23-17-8-9-18(14-17)24(23)27(30)33)28(34)35-15-22(31)29-19-10-12-21(13-11-19)36-20-6-4-3-5-7-20/h3-7,10-13,16-18,23-25H,8-9,14-15H2,1-2H3,(H,29,31)/t17-,18-,23+,24+,25+/m0/s1. The Kier molecular flexibility index (Phi) is 6.51. The van der Waals surface area contributed by atoms with Crippen molar-refractivity contribution in [2.75, 3.05) is 11.9 Å². The first-order chi connectivity index (χ1) is 17.3. The Hall–Kier alpha value is -3.68. The maximum absolute atomic E-state index is 13.2. The van der Waals surface area contributed by atoms with E-state index in [9.17, 15) is 19.2 Å². The second-order valence-corrected chi connectivity index (χ2v) is 10.2. The summed E-state index contributed by atoms with van der Waals surface area (Å²) in [4.78, 5) is 52.9. The summed E-state index contributed by atoms with van der Waals surface area (Å²) in [7, 11) is 0. The zero-order chi connectivity index (χ0) is 25.4. The molecule has 0 radical (unpaired) electrons. The summed E-state index contributed by atoms with van der Waals surface area (Å²) in [6, 6.07) is 15.1. The third kappa shape index (κ3) is 4.47. The van der Waals surface area contributed by atoms with Gasteiger partial charge in [0.25, 0.3) is 5.91 Å². The van der Waals surface area contributed by atoms with Crippen LogP contribution in [0.5, 0.6) is 11.5 Å². The van der Waals surface area contributed by atoms with Gasteiger partial charge in [-0.1, -0.05) is 32.0 Å². The van der Waals surface area contributed by atoms with Gasteiger partial charge in [0.2, 0.25) is 11.8 Å². The van der Waals surface area contributed by atoms with Gasteiger partial charge in [0.15, 0.2) is 6.61 Å². The predicted octanol–water partition coefficient (Wildman–Crippen LogP) is 4.02. The van der Waals surface area contributed by atoms with Crippen molar-refractivity contribution in [3.8, 4) is 11.5 Å². The molecule has 5 atom stereocenters. The monoisotopic (exact) mass is 490 g/mol. The maximum atomic E-state index is 13.2. The van der Waals surface area contributed by atoms with Gasteiger partial charge >= 0.3 is 5.97 Å². The molecule has 5 rings (SSSR count). The number of anilines is 1. The van der Waals surface area contributed by atoms with Crippen molar-refractivity contribution >= 4 is 29.4 Å². The normalized spacial score (nSPS) is 25.1. The van der Waals surface area contributed by atoms with Gasteiger partial charge < -0.3 is 14.8 Å². The number of hydrogen-bond acceptors (Lipinski definition) is 6. The quantitative estimate of drug-likeness (QED) is 0.443. The minimum Gasteiger partial charge on any atom is -0.457 e. The van der Waals surface area contributed by atoms with Crippen molar-refractivity contribution in [3.05, 3.63) is 54.6 Å². The minimum atomic E-state index is -1.03. The summed E-state index contributed by atoms with van der Waals surface area (Å²) in [6.07, 6.45) is 2.86. The highest BCUT2D eigenvalue weighted by atomic mass is 16.5. The topological polar surface area (TPSA) is 102 Å². The Balaban J connectivity index is 1.17. The molecule has 2 aromatic carbocycles. The van der Waals surface area contributed by atoms with Crippen LogP contribution in [0.2, 0.25) is 0 Å². The highest BCUT2D eigenvalue weighted by Crippen LogP contribution is 2.56. The number of likely N-dealkylation sites (tertiary alicyclic amines) is 1. The number of nitrogens with one attached hydrogen (secondary N) is 1. The molecule has 2 aliphatic carbocycles. The van der Waals surface area contributed by atoms with E-state index in [-0.39, 0.29) is 41.4 Å². The van der Waals surface area contributed by atoms with Crippen LogP contribution in [0.25, 0.3) is 0 Å². The molecule has 2 bridgehead atoms. The number of nitrogens with zero attached hydrogens (tertiary/aromatic N) is 1. The first-order valence-electron chi connectivity index (χ1n) is 12.5. The van der Waals surface area contributed by atoms with Crippen LogP contribution >= 0.6 is 0 Å². The molecule has 2 saturated carbocycles. The second kappa shape index (κ2) is 9.76. The van der Waals surface area contributed by atoms with Crippen LogP contribution in [-0.4, -0.2) is 41.2 Å². The molecule has 0 unspecified atom stereocenters.